The molecule has 0 amide bonds. The molecule has 2 unspecified atom stereocenters. The van der Waals surface area contributed by atoms with Crippen LogP contribution in [0.5, 0.6) is 0 Å². The van der Waals surface area contributed by atoms with Gasteiger partial charge in [0, 0.05) is 18.8 Å². The van der Waals surface area contributed by atoms with Crippen molar-refractivity contribution in [1.82, 2.24) is 0 Å². The lowest BCUT2D eigenvalue weighted by Gasteiger charge is -2.32. The Kier molecular flexibility index (Phi) is 10.8. The third-order valence-electron chi connectivity index (χ3n) is 5.60. The summed E-state index contributed by atoms with van der Waals surface area (Å²) in [6, 6.07) is 0. The average molecular weight is 381 g/mol. The molecule has 1 saturated carbocycles. The Hall–Kier alpha value is -0.573. The van der Waals surface area contributed by atoms with Gasteiger partial charge in [0.2, 0.25) is 9.04 Å². The predicted molar refractivity (Wildman–Crippen MR) is 116 cm³/mol. The van der Waals surface area contributed by atoms with Gasteiger partial charge in [-0.05, 0) is 49.8 Å². The van der Waals surface area contributed by atoms with Crippen molar-refractivity contribution in [2.45, 2.75) is 111 Å². The second kappa shape index (κ2) is 12.0. The zero-order valence-corrected chi connectivity index (χ0v) is 19.6. The molecule has 0 aliphatic heterocycles. The van der Waals surface area contributed by atoms with Crippen molar-refractivity contribution in [2.24, 2.45) is 17.3 Å². The molecular weight excluding hydrogens is 336 g/mol. The average Bonchev–Trinajstić information content (AvgIpc) is 2.54. The fourth-order valence-corrected chi connectivity index (χ4v) is 4.74. The maximum atomic E-state index is 12.0. The van der Waals surface area contributed by atoms with Crippen LogP contribution in [0.4, 0.5) is 0 Å². The summed E-state index contributed by atoms with van der Waals surface area (Å²) in [4.78, 5) is 12.0. The van der Waals surface area contributed by atoms with Crippen LogP contribution in [0.15, 0.2) is 11.8 Å². The Bertz CT molecular complexity index is 434. The molecule has 2 atom stereocenters. The highest BCUT2D eigenvalue weighted by molar-refractivity contribution is 6.48. The fourth-order valence-electron chi connectivity index (χ4n) is 3.92. The standard InChI is InChI=1S/C23H44O2Si/c1-7-8-9-10-11-12-15-20(23(2,3)4)18-22(25-26(5)6)19-14-13-16-21(24)17-19/h18-20,26H,7-17H2,1-6H3/b22-18+. The van der Waals surface area contributed by atoms with Gasteiger partial charge in [0.25, 0.3) is 0 Å². The minimum Gasteiger partial charge on any atom is -0.550 e. The molecule has 0 heterocycles. The summed E-state index contributed by atoms with van der Waals surface area (Å²) >= 11 is 0. The summed E-state index contributed by atoms with van der Waals surface area (Å²) in [5.41, 5.74) is 0.245. The quantitative estimate of drug-likeness (QED) is 0.218. The van der Waals surface area contributed by atoms with E-state index in [0.29, 0.717) is 24.0 Å². The van der Waals surface area contributed by atoms with Gasteiger partial charge in [0.1, 0.15) is 5.78 Å². The molecule has 0 aromatic rings. The Morgan fingerprint density at radius 1 is 1.19 bits per heavy atom. The SMILES string of the molecule is CCCCCCCCC(/C=C(/O[SiH](C)C)C1CCCC(=O)C1)C(C)(C)C. The van der Waals surface area contributed by atoms with Crippen LogP contribution in [0.25, 0.3) is 0 Å². The van der Waals surface area contributed by atoms with Gasteiger partial charge in [-0.15, -0.1) is 0 Å². The van der Waals surface area contributed by atoms with E-state index < -0.39 is 9.04 Å². The lowest BCUT2D eigenvalue weighted by molar-refractivity contribution is -0.121. The molecule has 0 bridgehead atoms. The van der Waals surface area contributed by atoms with Crippen molar-refractivity contribution in [2.75, 3.05) is 0 Å². The summed E-state index contributed by atoms with van der Waals surface area (Å²) in [6.07, 6.45) is 15.4. The van der Waals surface area contributed by atoms with E-state index in [0.717, 1.165) is 25.0 Å². The molecule has 152 valence electrons. The van der Waals surface area contributed by atoms with E-state index in [4.69, 9.17) is 4.43 Å². The second-order valence-corrected chi connectivity index (χ2v) is 11.9. The first kappa shape index (κ1) is 23.5. The van der Waals surface area contributed by atoms with E-state index in [1.54, 1.807) is 0 Å². The van der Waals surface area contributed by atoms with Crippen LogP contribution in [0.2, 0.25) is 13.1 Å². The minimum absolute atomic E-state index is 0.245. The molecule has 2 nitrogen and oxygen atoms in total. The maximum Gasteiger partial charge on any atom is 0.229 e. The van der Waals surface area contributed by atoms with Crippen molar-refractivity contribution < 1.29 is 9.22 Å². The Labute approximate surface area is 164 Å². The van der Waals surface area contributed by atoms with Gasteiger partial charge < -0.3 is 4.43 Å². The molecule has 1 aliphatic carbocycles. The van der Waals surface area contributed by atoms with Crippen LogP contribution >= 0.6 is 0 Å². The molecule has 0 saturated heterocycles. The van der Waals surface area contributed by atoms with Crippen molar-refractivity contribution in [1.29, 1.82) is 0 Å². The number of carbonyl (C=O) groups is 1. The monoisotopic (exact) mass is 380 g/mol. The highest BCUT2D eigenvalue weighted by atomic mass is 28.3. The number of unbranched alkanes of at least 4 members (excludes halogenated alkanes) is 5. The summed E-state index contributed by atoms with van der Waals surface area (Å²) in [6.45, 7) is 13.8. The van der Waals surface area contributed by atoms with Crippen LogP contribution in [0.3, 0.4) is 0 Å². The summed E-state index contributed by atoms with van der Waals surface area (Å²) < 4.78 is 6.37. The molecule has 0 radical (unpaired) electrons. The fraction of sp³-hybridized carbons (Fsp3) is 0.870. The van der Waals surface area contributed by atoms with E-state index in [9.17, 15) is 4.79 Å². The second-order valence-electron chi connectivity index (χ2n) is 9.60. The first-order valence-electron chi connectivity index (χ1n) is 11.1. The maximum absolute atomic E-state index is 12.0. The van der Waals surface area contributed by atoms with E-state index in [-0.39, 0.29) is 5.41 Å². The predicted octanol–water partition coefficient (Wildman–Crippen LogP) is 7.04. The van der Waals surface area contributed by atoms with Crippen LogP contribution in [0, 0.1) is 17.3 Å². The molecular formula is C23H44O2Si. The molecule has 1 fully saturated rings. The van der Waals surface area contributed by atoms with Gasteiger partial charge in [-0.1, -0.05) is 66.2 Å². The number of ketones is 1. The van der Waals surface area contributed by atoms with Crippen LogP contribution in [0.1, 0.15) is 98.3 Å². The summed E-state index contributed by atoms with van der Waals surface area (Å²) in [5.74, 6) is 2.45. The zero-order valence-electron chi connectivity index (χ0n) is 18.4. The van der Waals surface area contributed by atoms with E-state index in [1.807, 2.05) is 0 Å². The van der Waals surface area contributed by atoms with Gasteiger partial charge in [-0.3, -0.25) is 4.79 Å². The van der Waals surface area contributed by atoms with Gasteiger partial charge in [0.05, 0.1) is 5.76 Å². The molecule has 0 spiro atoms. The Balaban J connectivity index is 2.77. The van der Waals surface area contributed by atoms with Crippen LogP contribution in [-0.4, -0.2) is 14.8 Å². The molecule has 1 rings (SSSR count). The largest absolute Gasteiger partial charge is 0.550 e. The molecule has 1 aliphatic rings. The minimum atomic E-state index is -1.16. The number of Topliss-reactive ketones (excluding diaryl/α,β-unsaturated/α-hetero) is 1. The first-order chi connectivity index (χ1) is 12.2. The number of allylic oxidation sites excluding steroid dienone is 2. The summed E-state index contributed by atoms with van der Waals surface area (Å²) in [5, 5.41) is 0. The molecule has 3 heteroatoms. The smallest absolute Gasteiger partial charge is 0.229 e. The summed E-state index contributed by atoms with van der Waals surface area (Å²) in [7, 11) is -1.16. The number of hydrogen-bond acceptors (Lipinski definition) is 2. The van der Waals surface area contributed by atoms with Gasteiger partial charge in [0.15, 0.2) is 0 Å². The molecule has 0 aromatic carbocycles. The van der Waals surface area contributed by atoms with Crippen LogP contribution in [-0.2, 0) is 9.22 Å². The van der Waals surface area contributed by atoms with Crippen molar-refractivity contribution in [3.8, 4) is 0 Å². The molecule has 0 N–H and O–H groups in total. The third-order valence-corrected chi connectivity index (χ3v) is 6.35. The Morgan fingerprint density at radius 2 is 1.85 bits per heavy atom. The van der Waals surface area contributed by atoms with Crippen molar-refractivity contribution in [3.05, 3.63) is 11.8 Å². The van der Waals surface area contributed by atoms with E-state index in [2.05, 4.69) is 46.9 Å². The number of rotatable bonds is 11. The lowest BCUT2D eigenvalue weighted by Crippen LogP contribution is -2.24. The Morgan fingerprint density at radius 3 is 2.42 bits per heavy atom. The van der Waals surface area contributed by atoms with Gasteiger partial charge in [-0.2, -0.15) is 0 Å². The van der Waals surface area contributed by atoms with Gasteiger partial charge in [-0.25, -0.2) is 0 Å². The first-order valence-corrected chi connectivity index (χ1v) is 13.9. The molecule has 26 heavy (non-hydrogen) atoms. The van der Waals surface area contributed by atoms with E-state index >= 15 is 0 Å². The van der Waals surface area contributed by atoms with Crippen molar-refractivity contribution in [3.63, 3.8) is 0 Å². The topological polar surface area (TPSA) is 26.3 Å². The van der Waals surface area contributed by atoms with E-state index in [1.165, 1.54) is 44.9 Å². The third kappa shape index (κ3) is 9.39. The van der Waals surface area contributed by atoms with Crippen molar-refractivity contribution >= 4 is 14.8 Å². The highest BCUT2D eigenvalue weighted by Gasteiger charge is 2.28. The van der Waals surface area contributed by atoms with Gasteiger partial charge >= 0.3 is 0 Å². The molecule has 0 aromatic heterocycles. The number of hydrogen-bond donors (Lipinski definition) is 0. The highest BCUT2D eigenvalue weighted by Crippen LogP contribution is 2.36. The number of carbonyl (C=O) groups excluding carboxylic acids is 1. The zero-order chi connectivity index (χ0) is 19.6. The van der Waals surface area contributed by atoms with Crippen LogP contribution < -0.4 is 0 Å². The lowest BCUT2D eigenvalue weighted by atomic mass is 9.76. The normalized spacial score (nSPS) is 20.5.